The standard InChI is InChI=1S/C14H19N3O3/c1-3-11-14(20)16-13(19)8-17(11)9-5-6-10(15-7-9)12(18)4-2/h5-7,11-12,18H,3-4,8H2,1-2H3,(H,16,19,20)/t11?,12-/m0/s1. The summed E-state index contributed by atoms with van der Waals surface area (Å²) in [5.74, 6) is -0.584. The number of imide groups is 1. The van der Waals surface area contributed by atoms with Gasteiger partial charge in [-0.3, -0.25) is 19.9 Å². The van der Waals surface area contributed by atoms with Crippen LogP contribution < -0.4 is 10.2 Å². The van der Waals surface area contributed by atoms with Gasteiger partial charge >= 0.3 is 0 Å². The van der Waals surface area contributed by atoms with E-state index in [1.165, 1.54) is 0 Å². The molecule has 1 aromatic heterocycles. The van der Waals surface area contributed by atoms with Crippen molar-refractivity contribution >= 4 is 17.5 Å². The maximum atomic E-state index is 11.8. The van der Waals surface area contributed by atoms with E-state index in [2.05, 4.69) is 10.3 Å². The predicted molar refractivity (Wildman–Crippen MR) is 74.1 cm³/mol. The summed E-state index contributed by atoms with van der Waals surface area (Å²) in [5, 5.41) is 12.1. The largest absolute Gasteiger partial charge is 0.387 e. The Morgan fingerprint density at radius 2 is 2.20 bits per heavy atom. The van der Waals surface area contributed by atoms with Gasteiger partial charge in [-0.05, 0) is 25.0 Å². The van der Waals surface area contributed by atoms with E-state index >= 15 is 0 Å². The number of hydrogen-bond acceptors (Lipinski definition) is 5. The molecule has 2 amide bonds. The Bertz CT molecular complexity index is 501. The maximum absolute atomic E-state index is 11.8. The SMILES string of the molecule is CCC1C(=O)NC(=O)CN1c1ccc([C@@H](O)CC)nc1. The number of carbonyl (C=O) groups excluding carboxylic acids is 2. The Kier molecular flexibility index (Phi) is 4.34. The molecule has 108 valence electrons. The number of aliphatic hydroxyl groups is 1. The fourth-order valence-corrected chi connectivity index (χ4v) is 2.32. The second-order valence-corrected chi connectivity index (χ2v) is 4.83. The van der Waals surface area contributed by atoms with Gasteiger partial charge in [0.05, 0.1) is 30.2 Å². The second kappa shape index (κ2) is 6.00. The lowest BCUT2D eigenvalue weighted by Crippen LogP contribution is -2.58. The minimum absolute atomic E-state index is 0.140. The fraction of sp³-hybridized carbons (Fsp3) is 0.500. The van der Waals surface area contributed by atoms with Crippen LogP contribution in [0.5, 0.6) is 0 Å². The van der Waals surface area contributed by atoms with E-state index < -0.39 is 6.10 Å². The van der Waals surface area contributed by atoms with Gasteiger partial charge in [-0.1, -0.05) is 13.8 Å². The molecule has 1 aliphatic rings. The first kappa shape index (κ1) is 14.5. The molecule has 1 fully saturated rings. The monoisotopic (exact) mass is 277 g/mol. The molecule has 1 aliphatic heterocycles. The Balaban J connectivity index is 2.24. The molecule has 2 atom stereocenters. The number of anilines is 1. The summed E-state index contributed by atoms with van der Waals surface area (Å²) >= 11 is 0. The van der Waals surface area contributed by atoms with Crippen molar-refractivity contribution in [3.63, 3.8) is 0 Å². The van der Waals surface area contributed by atoms with Crippen molar-refractivity contribution in [3.05, 3.63) is 24.0 Å². The van der Waals surface area contributed by atoms with Gasteiger partial charge in [-0.2, -0.15) is 0 Å². The summed E-state index contributed by atoms with van der Waals surface area (Å²) in [6.07, 6.45) is 2.22. The van der Waals surface area contributed by atoms with Gasteiger partial charge in [0.2, 0.25) is 11.8 Å². The van der Waals surface area contributed by atoms with Crippen molar-refractivity contribution in [2.24, 2.45) is 0 Å². The van der Waals surface area contributed by atoms with Crippen LogP contribution in [0.4, 0.5) is 5.69 Å². The van der Waals surface area contributed by atoms with E-state index in [1.54, 1.807) is 23.2 Å². The first-order valence-corrected chi connectivity index (χ1v) is 6.81. The molecule has 0 aliphatic carbocycles. The first-order valence-electron chi connectivity index (χ1n) is 6.81. The summed E-state index contributed by atoms with van der Waals surface area (Å²) in [5.41, 5.74) is 1.31. The quantitative estimate of drug-likeness (QED) is 0.794. The Morgan fingerprint density at radius 3 is 2.75 bits per heavy atom. The van der Waals surface area contributed by atoms with Crippen LogP contribution in [0.3, 0.4) is 0 Å². The molecule has 1 unspecified atom stereocenters. The van der Waals surface area contributed by atoms with Crippen molar-refractivity contribution in [2.45, 2.75) is 38.8 Å². The number of aliphatic hydroxyl groups excluding tert-OH is 1. The highest BCUT2D eigenvalue weighted by Crippen LogP contribution is 2.22. The molecular weight excluding hydrogens is 258 g/mol. The molecule has 0 aromatic carbocycles. The smallest absolute Gasteiger partial charge is 0.249 e. The Labute approximate surface area is 117 Å². The second-order valence-electron chi connectivity index (χ2n) is 4.83. The minimum Gasteiger partial charge on any atom is -0.387 e. The van der Waals surface area contributed by atoms with Gasteiger partial charge < -0.3 is 10.0 Å². The molecule has 2 heterocycles. The zero-order valence-corrected chi connectivity index (χ0v) is 11.7. The lowest BCUT2D eigenvalue weighted by molar-refractivity contribution is -0.132. The zero-order chi connectivity index (χ0) is 14.7. The predicted octanol–water partition coefficient (Wildman–Crippen LogP) is 0.766. The number of rotatable bonds is 4. The molecule has 6 nitrogen and oxygen atoms in total. The third kappa shape index (κ3) is 2.80. The highest BCUT2D eigenvalue weighted by Gasteiger charge is 2.32. The van der Waals surface area contributed by atoms with E-state index in [0.29, 0.717) is 24.2 Å². The average molecular weight is 277 g/mol. The van der Waals surface area contributed by atoms with E-state index in [-0.39, 0.29) is 24.4 Å². The first-order chi connectivity index (χ1) is 9.56. The van der Waals surface area contributed by atoms with Crippen LogP contribution in [-0.4, -0.2) is 34.5 Å². The number of amides is 2. The molecule has 2 N–H and O–H groups in total. The molecular formula is C14H19N3O3. The molecule has 2 rings (SSSR count). The van der Waals surface area contributed by atoms with Crippen LogP contribution in [0.25, 0.3) is 0 Å². The average Bonchev–Trinajstić information content (AvgIpc) is 2.46. The number of pyridine rings is 1. The molecule has 6 heteroatoms. The number of piperazine rings is 1. The normalized spacial score (nSPS) is 20.8. The van der Waals surface area contributed by atoms with E-state index in [4.69, 9.17) is 0 Å². The molecule has 0 bridgehead atoms. The summed E-state index contributed by atoms with van der Waals surface area (Å²) in [6.45, 7) is 3.91. The van der Waals surface area contributed by atoms with Gasteiger partial charge in [0.25, 0.3) is 0 Å². The van der Waals surface area contributed by atoms with Crippen molar-refractivity contribution in [1.82, 2.24) is 10.3 Å². The number of carbonyl (C=O) groups is 2. The van der Waals surface area contributed by atoms with E-state index in [0.717, 1.165) is 0 Å². The molecule has 20 heavy (non-hydrogen) atoms. The highest BCUT2D eigenvalue weighted by atomic mass is 16.3. The highest BCUT2D eigenvalue weighted by molar-refractivity contribution is 6.04. The lowest BCUT2D eigenvalue weighted by atomic mass is 10.1. The molecule has 1 saturated heterocycles. The van der Waals surface area contributed by atoms with Crippen LogP contribution in [0.2, 0.25) is 0 Å². The number of nitrogens with zero attached hydrogens (tertiary/aromatic N) is 2. The zero-order valence-electron chi connectivity index (χ0n) is 11.7. The van der Waals surface area contributed by atoms with Crippen molar-refractivity contribution in [1.29, 1.82) is 0 Å². The molecule has 1 aromatic rings. The summed E-state index contributed by atoms with van der Waals surface area (Å²) in [7, 11) is 0. The van der Waals surface area contributed by atoms with Crippen LogP contribution in [-0.2, 0) is 9.59 Å². The van der Waals surface area contributed by atoms with Crippen LogP contribution >= 0.6 is 0 Å². The third-order valence-corrected chi connectivity index (χ3v) is 3.47. The number of aromatic nitrogens is 1. The van der Waals surface area contributed by atoms with Gasteiger partial charge in [-0.15, -0.1) is 0 Å². The van der Waals surface area contributed by atoms with E-state index in [9.17, 15) is 14.7 Å². The minimum atomic E-state index is -0.586. The fourth-order valence-electron chi connectivity index (χ4n) is 2.32. The molecule has 0 radical (unpaired) electrons. The van der Waals surface area contributed by atoms with E-state index in [1.807, 2.05) is 13.8 Å². The number of hydrogen-bond donors (Lipinski definition) is 2. The third-order valence-electron chi connectivity index (χ3n) is 3.47. The van der Waals surface area contributed by atoms with Crippen molar-refractivity contribution in [2.75, 3.05) is 11.4 Å². The number of nitrogens with one attached hydrogen (secondary N) is 1. The van der Waals surface area contributed by atoms with Crippen molar-refractivity contribution in [3.8, 4) is 0 Å². The topological polar surface area (TPSA) is 82.5 Å². The molecule has 0 spiro atoms. The summed E-state index contributed by atoms with van der Waals surface area (Å²) in [6, 6.07) is 3.15. The Morgan fingerprint density at radius 1 is 1.45 bits per heavy atom. The summed E-state index contributed by atoms with van der Waals surface area (Å²) < 4.78 is 0. The maximum Gasteiger partial charge on any atom is 0.249 e. The molecule has 0 saturated carbocycles. The van der Waals surface area contributed by atoms with Gasteiger partial charge in [0, 0.05) is 0 Å². The summed E-state index contributed by atoms with van der Waals surface area (Å²) in [4.78, 5) is 29.3. The van der Waals surface area contributed by atoms with Crippen LogP contribution in [0.1, 0.15) is 38.5 Å². The van der Waals surface area contributed by atoms with Gasteiger partial charge in [0.1, 0.15) is 6.04 Å². The van der Waals surface area contributed by atoms with Gasteiger partial charge in [0.15, 0.2) is 0 Å². The van der Waals surface area contributed by atoms with Gasteiger partial charge in [-0.25, -0.2) is 0 Å². The lowest BCUT2D eigenvalue weighted by Gasteiger charge is -2.35. The van der Waals surface area contributed by atoms with Crippen LogP contribution in [0, 0.1) is 0 Å². The van der Waals surface area contributed by atoms with Crippen LogP contribution in [0.15, 0.2) is 18.3 Å². The van der Waals surface area contributed by atoms with Crippen molar-refractivity contribution < 1.29 is 14.7 Å². The Hall–Kier alpha value is -1.95.